The Bertz CT molecular complexity index is 1580. The van der Waals surface area contributed by atoms with E-state index in [-0.39, 0.29) is 23.0 Å². The number of carbonyl (C=O) groups excluding carboxylic acids is 1. The lowest BCUT2D eigenvalue weighted by Gasteiger charge is -2.39. The van der Waals surface area contributed by atoms with Crippen molar-refractivity contribution in [1.82, 2.24) is 14.5 Å². The molecule has 1 N–H and O–H groups in total. The lowest BCUT2D eigenvalue weighted by molar-refractivity contribution is 0.0580. The van der Waals surface area contributed by atoms with Gasteiger partial charge in [0, 0.05) is 44.1 Å². The number of aryl methyl sites for hydroxylation is 2. The van der Waals surface area contributed by atoms with Gasteiger partial charge >= 0.3 is 6.09 Å². The number of aliphatic hydroxyl groups is 1. The van der Waals surface area contributed by atoms with Crippen LogP contribution in [0, 0.1) is 6.92 Å². The molecule has 3 aromatic rings. The highest BCUT2D eigenvalue weighted by atomic mass is 32.2. The molecule has 1 aliphatic heterocycles. The van der Waals surface area contributed by atoms with Gasteiger partial charge in [-0.05, 0) is 58.2 Å². The number of carbonyl (C=O) groups is 1. The molecule has 0 saturated carbocycles. The van der Waals surface area contributed by atoms with Gasteiger partial charge in [-0.3, -0.25) is 14.3 Å². The zero-order chi connectivity index (χ0) is 29.2. The molecule has 3 heterocycles. The molecule has 2 aromatic heterocycles. The topological polar surface area (TPSA) is 135 Å². The average Bonchev–Trinajstić information content (AvgIpc) is 2.87. The molecule has 12 heteroatoms. The number of nitrogens with zero attached hydrogens (tertiary/aromatic N) is 5. The molecule has 0 fully saturated rings. The third-order valence-corrected chi connectivity index (χ3v) is 7.50. The van der Waals surface area contributed by atoms with Crippen LogP contribution >= 0.6 is 0 Å². The van der Waals surface area contributed by atoms with Crippen molar-refractivity contribution in [3.05, 3.63) is 46.4 Å². The summed E-state index contributed by atoms with van der Waals surface area (Å²) in [5.41, 5.74) is 1.88. The number of unbranched alkanes of at least 4 members (excludes halogenated alkanes) is 3. The summed E-state index contributed by atoms with van der Waals surface area (Å²) in [6.07, 6.45) is 4.93. The van der Waals surface area contributed by atoms with Crippen molar-refractivity contribution in [3.63, 3.8) is 0 Å². The Balaban J connectivity index is 1.83. The molecule has 0 aliphatic carbocycles. The maximum Gasteiger partial charge on any atom is 0.414 e. The van der Waals surface area contributed by atoms with Crippen molar-refractivity contribution in [3.8, 4) is 0 Å². The van der Waals surface area contributed by atoms with Crippen LogP contribution in [0.1, 0.15) is 52.0 Å². The third kappa shape index (κ3) is 6.28. The highest BCUT2D eigenvalue weighted by Gasteiger charge is 2.33. The minimum absolute atomic E-state index is 0.109. The summed E-state index contributed by atoms with van der Waals surface area (Å²) in [6.45, 7) is 8.44. The van der Waals surface area contributed by atoms with Crippen LogP contribution in [0.15, 0.2) is 40.4 Å². The number of aromatic nitrogens is 3. The van der Waals surface area contributed by atoms with Crippen LogP contribution in [0.4, 0.5) is 21.9 Å². The normalized spacial score (nSPS) is 13.9. The fourth-order valence-corrected chi connectivity index (χ4v) is 5.33. The monoisotopic (exact) mass is 571 g/mol. The van der Waals surface area contributed by atoms with Crippen LogP contribution in [0.2, 0.25) is 0 Å². The van der Waals surface area contributed by atoms with Gasteiger partial charge in [0.25, 0.3) is 5.56 Å². The van der Waals surface area contributed by atoms with E-state index in [0.717, 1.165) is 24.7 Å². The Hall–Kier alpha value is -3.51. The summed E-state index contributed by atoms with van der Waals surface area (Å²) in [7, 11) is -3.68. The number of sulfone groups is 1. The highest BCUT2D eigenvalue weighted by Crippen LogP contribution is 2.40. The number of ether oxygens (including phenoxy) is 1. The number of pyridine rings is 1. The molecule has 0 radical (unpaired) electrons. The highest BCUT2D eigenvalue weighted by molar-refractivity contribution is 7.90. The van der Waals surface area contributed by atoms with Crippen molar-refractivity contribution in [2.75, 3.05) is 35.8 Å². The van der Waals surface area contributed by atoms with E-state index in [9.17, 15) is 18.0 Å². The molecular formula is C28H37N5O6S. The van der Waals surface area contributed by atoms with Gasteiger partial charge < -0.3 is 14.7 Å². The van der Waals surface area contributed by atoms with E-state index in [0.29, 0.717) is 54.9 Å². The van der Waals surface area contributed by atoms with Gasteiger partial charge in [0.15, 0.2) is 0 Å². The first-order valence-corrected chi connectivity index (χ1v) is 15.3. The van der Waals surface area contributed by atoms with Crippen LogP contribution < -0.4 is 15.4 Å². The third-order valence-electron chi connectivity index (χ3n) is 6.64. The van der Waals surface area contributed by atoms with Gasteiger partial charge in [0.1, 0.15) is 16.9 Å². The van der Waals surface area contributed by atoms with E-state index in [2.05, 4.69) is 9.97 Å². The minimum Gasteiger partial charge on any atom is -0.443 e. The lowest BCUT2D eigenvalue weighted by atomic mass is 10.1. The zero-order valence-electron chi connectivity index (χ0n) is 23.7. The summed E-state index contributed by atoms with van der Waals surface area (Å²) in [5.74, 6) is 0. The van der Waals surface area contributed by atoms with Crippen molar-refractivity contribution in [2.24, 2.45) is 0 Å². The predicted molar refractivity (Wildman–Crippen MR) is 154 cm³/mol. The first-order valence-electron chi connectivity index (χ1n) is 13.4. The number of rotatable bonds is 8. The van der Waals surface area contributed by atoms with E-state index in [1.54, 1.807) is 11.0 Å². The number of fused-ring (bicyclic) bond motifs is 2. The molecule has 1 amide bonds. The second kappa shape index (κ2) is 11.5. The maximum atomic E-state index is 14.0. The second-order valence-electron chi connectivity index (χ2n) is 11.1. The van der Waals surface area contributed by atoms with Gasteiger partial charge in [-0.2, -0.15) is 4.98 Å². The largest absolute Gasteiger partial charge is 0.443 e. The molecule has 0 spiro atoms. The summed E-state index contributed by atoms with van der Waals surface area (Å²) in [6, 6.07) is 7.33. The molecule has 0 atom stereocenters. The van der Waals surface area contributed by atoms with Gasteiger partial charge in [0.2, 0.25) is 15.0 Å². The number of aliphatic hydroxyl groups excluding tert-OH is 1. The smallest absolute Gasteiger partial charge is 0.414 e. The fourth-order valence-electron chi connectivity index (χ4n) is 4.84. The molecule has 1 aromatic carbocycles. The number of hydrogen-bond donors (Lipinski definition) is 1. The summed E-state index contributed by atoms with van der Waals surface area (Å²) in [5, 5.41) is 9.29. The van der Waals surface area contributed by atoms with Crippen LogP contribution in [0.3, 0.4) is 0 Å². The lowest BCUT2D eigenvalue weighted by Crippen LogP contribution is -2.46. The van der Waals surface area contributed by atoms with E-state index in [1.165, 1.54) is 10.8 Å². The van der Waals surface area contributed by atoms with Gasteiger partial charge in [-0.15, -0.1) is 0 Å². The number of para-hydroxylation sites is 1. The second-order valence-corrected chi connectivity index (χ2v) is 13.0. The van der Waals surface area contributed by atoms with Gasteiger partial charge in [-0.1, -0.05) is 25.0 Å². The maximum absolute atomic E-state index is 14.0. The Morgan fingerprint density at radius 2 is 1.82 bits per heavy atom. The first-order chi connectivity index (χ1) is 18.8. The molecule has 0 bridgehead atoms. The molecule has 1 aliphatic rings. The number of amides is 1. The van der Waals surface area contributed by atoms with Crippen molar-refractivity contribution in [2.45, 2.75) is 70.7 Å². The van der Waals surface area contributed by atoms with E-state index in [1.807, 2.05) is 50.8 Å². The quantitative estimate of drug-likeness (QED) is 0.315. The predicted octanol–water partition coefficient (Wildman–Crippen LogP) is 3.95. The van der Waals surface area contributed by atoms with Crippen LogP contribution in [-0.4, -0.2) is 65.7 Å². The molecule has 0 saturated heterocycles. The standard InChI is InChI=1S/C28H37N5O6S/c1-19-11-10-12-21-23(19)32(27(36)39-28(2,3)4)15-14-31(21)22-17-20-18-29-26(40(5,37)38)30-24(20)33(25(22)35)13-8-6-7-9-16-34/h10-12,17-18,34H,6-9,13-16H2,1-5H3. The SMILES string of the molecule is Cc1cccc2c1N(C(=O)OC(C)(C)C)CCN2c1cc2cnc(S(C)(=O)=O)nc2n(CCCCCCO)c1=O. The molecule has 4 rings (SSSR count). The van der Waals surface area contributed by atoms with E-state index < -0.39 is 21.5 Å². The Morgan fingerprint density at radius 1 is 1.10 bits per heavy atom. The summed E-state index contributed by atoms with van der Waals surface area (Å²) < 4.78 is 31.5. The molecule has 11 nitrogen and oxygen atoms in total. The number of anilines is 3. The van der Waals surface area contributed by atoms with Crippen LogP contribution in [-0.2, 0) is 21.1 Å². The Kier molecular flexibility index (Phi) is 8.50. The number of benzene rings is 1. The van der Waals surface area contributed by atoms with Crippen molar-refractivity contribution < 1.29 is 23.1 Å². The first kappa shape index (κ1) is 29.5. The number of hydrogen-bond acceptors (Lipinski definition) is 9. The van der Waals surface area contributed by atoms with Crippen LogP contribution in [0.25, 0.3) is 11.0 Å². The Labute approximate surface area is 234 Å². The molecular weight excluding hydrogens is 534 g/mol. The van der Waals surface area contributed by atoms with Crippen molar-refractivity contribution >= 4 is 44.0 Å². The van der Waals surface area contributed by atoms with E-state index >= 15 is 0 Å². The van der Waals surface area contributed by atoms with Crippen molar-refractivity contribution in [1.29, 1.82) is 0 Å². The average molecular weight is 572 g/mol. The van der Waals surface area contributed by atoms with Crippen LogP contribution in [0.5, 0.6) is 0 Å². The summed E-state index contributed by atoms with van der Waals surface area (Å²) >= 11 is 0. The molecule has 216 valence electrons. The zero-order valence-corrected chi connectivity index (χ0v) is 24.5. The van der Waals surface area contributed by atoms with E-state index in [4.69, 9.17) is 9.84 Å². The summed E-state index contributed by atoms with van der Waals surface area (Å²) in [4.78, 5) is 39.0. The minimum atomic E-state index is -3.68. The van der Waals surface area contributed by atoms with Gasteiger partial charge in [0.05, 0.1) is 11.4 Å². The molecule has 40 heavy (non-hydrogen) atoms. The van der Waals surface area contributed by atoms with Gasteiger partial charge in [-0.25, -0.2) is 18.2 Å². The fraction of sp³-hybridized carbons (Fsp3) is 0.500. The molecule has 0 unspecified atom stereocenters. The Morgan fingerprint density at radius 3 is 2.50 bits per heavy atom.